The van der Waals surface area contributed by atoms with Crippen molar-refractivity contribution in [2.75, 3.05) is 6.61 Å². The monoisotopic (exact) mass is 364 g/mol. The molecular weight excluding hydrogens is 336 g/mol. The van der Waals surface area contributed by atoms with Crippen LogP contribution in [-0.4, -0.2) is 46.1 Å². The lowest BCUT2D eigenvalue weighted by Gasteiger charge is -2.47. The van der Waals surface area contributed by atoms with E-state index in [2.05, 4.69) is 6.92 Å². The van der Waals surface area contributed by atoms with Crippen molar-refractivity contribution in [1.82, 2.24) is 0 Å². The molecule has 2 saturated carbocycles. The smallest absolute Gasteiger partial charge is 0.303 e. The number of carbonyl (C=O) groups excluding carboxylic acids is 3. The predicted molar refractivity (Wildman–Crippen MR) is 93.0 cm³/mol. The lowest BCUT2D eigenvalue weighted by molar-refractivity contribution is -0.158. The van der Waals surface area contributed by atoms with Crippen LogP contribution in [0.25, 0.3) is 0 Å². The summed E-state index contributed by atoms with van der Waals surface area (Å²) in [5, 5.41) is 21.8. The predicted octanol–water partition coefficient (Wildman–Crippen LogP) is 1.57. The molecule has 0 radical (unpaired) electrons. The molecule has 0 aromatic heterocycles. The van der Waals surface area contributed by atoms with Crippen LogP contribution < -0.4 is 0 Å². The molecule has 3 aliphatic carbocycles. The van der Waals surface area contributed by atoms with Gasteiger partial charge in [0, 0.05) is 19.3 Å². The minimum atomic E-state index is -1.52. The fourth-order valence-electron chi connectivity index (χ4n) is 5.26. The van der Waals surface area contributed by atoms with E-state index in [1.807, 2.05) is 6.08 Å². The van der Waals surface area contributed by atoms with Gasteiger partial charge in [-0.25, -0.2) is 0 Å². The van der Waals surface area contributed by atoms with Gasteiger partial charge in [-0.15, -0.1) is 0 Å². The zero-order valence-electron chi connectivity index (χ0n) is 15.4. The van der Waals surface area contributed by atoms with Gasteiger partial charge in [0.15, 0.2) is 12.4 Å². The maximum absolute atomic E-state index is 12.5. The van der Waals surface area contributed by atoms with Crippen LogP contribution in [0.15, 0.2) is 12.2 Å². The van der Waals surface area contributed by atoms with E-state index in [1.165, 1.54) is 6.92 Å². The van der Waals surface area contributed by atoms with E-state index in [9.17, 15) is 24.6 Å². The molecular formula is C20H28O6. The summed E-state index contributed by atoms with van der Waals surface area (Å²) < 4.78 is 4.78. The highest BCUT2D eigenvalue weighted by Crippen LogP contribution is 2.55. The van der Waals surface area contributed by atoms with Crippen molar-refractivity contribution < 1.29 is 29.3 Å². The number of hydrogen-bond acceptors (Lipinski definition) is 6. The standard InChI is InChI=1S/C20H28O6/c1-12(21)26-11-18(24)20(25)8-3-13-9-16(17(23)10-15(13)20)19(2)6-4-14(22)5-7-19/h4,6,13,15-17,23,25H,3,5,7-11H2,1-2H3/t13?,15?,16?,17-,19?,20-/m1/s1. The quantitative estimate of drug-likeness (QED) is 0.735. The molecule has 26 heavy (non-hydrogen) atoms. The van der Waals surface area contributed by atoms with Crippen LogP contribution in [0.5, 0.6) is 0 Å². The van der Waals surface area contributed by atoms with Gasteiger partial charge < -0.3 is 14.9 Å². The molecule has 0 saturated heterocycles. The van der Waals surface area contributed by atoms with E-state index in [1.54, 1.807) is 6.08 Å². The van der Waals surface area contributed by atoms with Crippen LogP contribution in [0, 0.1) is 23.2 Å². The molecule has 144 valence electrons. The Morgan fingerprint density at radius 3 is 2.62 bits per heavy atom. The molecule has 4 unspecified atom stereocenters. The normalized spacial score (nSPS) is 42.4. The number of carbonyl (C=O) groups is 3. The molecule has 3 rings (SSSR count). The number of aliphatic hydroxyl groups is 2. The number of esters is 1. The molecule has 0 aromatic rings. The van der Waals surface area contributed by atoms with Crippen LogP contribution in [-0.2, 0) is 19.1 Å². The Morgan fingerprint density at radius 1 is 1.27 bits per heavy atom. The number of allylic oxidation sites excluding steroid dienone is 2. The molecule has 3 aliphatic rings. The number of ether oxygens (including phenoxy) is 1. The van der Waals surface area contributed by atoms with E-state index < -0.39 is 30.1 Å². The first-order valence-corrected chi connectivity index (χ1v) is 9.45. The van der Waals surface area contributed by atoms with Crippen molar-refractivity contribution in [3.05, 3.63) is 12.2 Å². The number of aliphatic hydroxyl groups excluding tert-OH is 1. The van der Waals surface area contributed by atoms with E-state index >= 15 is 0 Å². The Morgan fingerprint density at radius 2 is 2.00 bits per heavy atom. The van der Waals surface area contributed by atoms with Gasteiger partial charge in [0.1, 0.15) is 5.60 Å². The lowest BCUT2D eigenvalue weighted by Crippen LogP contribution is -2.51. The van der Waals surface area contributed by atoms with Gasteiger partial charge in [0.05, 0.1) is 6.10 Å². The van der Waals surface area contributed by atoms with Crippen LogP contribution in [0.2, 0.25) is 0 Å². The number of rotatable bonds is 4. The van der Waals surface area contributed by atoms with Crippen LogP contribution >= 0.6 is 0 Å². The number of ketones is 2. The summed E-state index contributed by atoms with van der Waals surface area (Å²) in [5.41, 5.74) is -1.76. The topological polar surface area (TPSA) is 101 Å². The van der Waals surface area contributed by atoms with Crippen molar-refractivity contribution in [3.63, 3.8) is 0 Å². The lowest BCUT2D eigenvalue weighted by atomic mass is 9.59. The summed E-state index contributed by atoms with van der Waals surface area (Å²) in [5.74, 6) is -1.05. The Labute approximate surface area is 153 Å². The molecule has 0 aromatic carbocycles. The maximum atomic E-state index is 12.5. The molecule has 0 bridgehead atoms. The van der Waals surface area contributed by atoms with E-state index in [-0.39, 0.29) is 29.0 Å². The first-order valence-electron chi connectivity index (χ1n) is 9.45. The average Bonchev–Trinajstić information content (AvgIpc) is 2.92. The molecule has 0 aliphatic heterocycles. The maximum Gasteiger partial charge on any atom is 0.303 e. The fourth-order valence-corrected chi connectivity index (χ4v) is 5.26. The first-order chi connectivity index (χ1) is 12.2. The fraction of sp³-hybridized carbons (Fsp3) is 0.750. The summed E-state index contributed by atoms with van der Waals surface area (Å²) in [7, 11) is 0. The molecule has 6 atom stereocenters. The second kappa shape index (κ2) is 6.89. The third kappa shape index (κ3) is 3.37. The third-order valence-corrected chi connectivity index (χ3v) is 6.89. The summed E-state index contributed by atoms with van der Waals surface area (Å²) in [6, 6.07) is 0. The summed E-state index contributed by atoms with van der Waals surface area (Å²) in [6.45, 7) is 2.89. The zero-order chi connectivity index (χ0) is 19.1. The molecule has 2 fully saturated rings. The minimum Gasteiger partial charge on any atom is -0.458 e. The Balaban J connectivity index is 1.73. The summed E-state index contributed by atoms with van der Waals surface area (Å²) in [4.78, 5) is 34.9. The Kier molecular flexibility index (Phi) is 5.10. The van der Waals surface area contributed by atoms with Crippen LogP contribution in [0.1, 0.15) is 52.4 Å². The zero-order valence-corrected chi connectivity index (χ0v) is 15.4. The SMILES string of the molecule is CC(=O)OCC(=O)[C@@]1(O)CCC2CC(C3(C)C=CC(=O)CC3)[C@H](O)CC21. The molecule has 0 heterocycles. The highest BCUT2D eigenvalue weighted by atomic mass is 16.5. The van der Waals surface area contributed by atoms with Gasteiger partial charge in [-0.05, 0) is 55.4 Å². The Bertz CT molecular complexity index is 640. The first kappa shape index (κ1) is 19.2. The largest absolute Gasteiger partial charge is 0.458 e. The molecule has 6 nitrogen and oxygen atoms in total. The minimum absolute atomic E-state index is 0.0130. The van der Waals surface area contributed by atoms with Crippen molar-refractivity contribution in [1.29, 1.82) is 0 Å². The highest BCUT2D eigenvalue weighted by molar-refractivity contribution is 5.91. The van der Waals surface area contributed by atoms with Crippen molar-refractivity contribution in [2.45, 2.75) is 64.1 Å². The van der Waals surface area contributed by atoms with Gasteiger partial charge >= 0.3 is 5.97 Å². The molecule has 0 amide bonds. The summed E-state index contributed by atoms with van der Waals surface area (Å²) in [6.07, 6.45) is 6.27. The van der Waals surface area contributed by atoms with Gasteiger partial charge in [-0.2, -0.15) is 0 Å². The number of Topliss-reactive ketones (excluding diaryl/α,β-unsaturated/α-hetero) is 1. The van der Waals surface area contributed by atoms with E-state index in [4.69, 9.17) is 4.74 Å². The van der Waals surface area contributed by atoms with Gasteiger partial charge in [0.2, 0.25) is 5.78 Å². The number of fused-ring (bicyclic) bond motifs is 1. The highest BCUT2D eigenvalue weighted by Gasteiger charge is 2.57. The van der Waals surface area contributed by atoms with Crippen LogP contribution in [0.3, 0.4) is 0 Å². The molecule has 2 N–H and O–H groups in total. The van der Waals surface area contributed by atoms with E-state index in [0.717, 1.165) is 19.3 Å². The second-order valence-electron chi connectivity index (χ2n) is 8.48. The van der Waals surface area contributed by atoms with Crippen LogP contribution in [0.4, 0.5) is 0 Å². The van der Waals surface area contributed by atoms with Crippen molar-refractivity contribution in [2.24, 2.45) is 23.2 Å². The van der Waals surface area contributed by atoms with Crippen molar-refractivity contribution in [3.8, 4) is 0 Å². The average molecular weight is 364 g/mol. The van der Waals surface area contributed by atoms with E-state index in [0.29, 0.717) is 19.3 Å². The van der Waals surface area contributed by atoms with Crippen molar-refractivity contribution >= 4 is 17.5 Å². The Hall–Kier alpha value is -1.53. The molecule has 0 spiro atoms. The van der Waals surface area contributed by atoms with Gasteiger partial charge in [-0.1, -0.05) is 13.0 Å². The van der Waals surface area contributed by atoms with Gasteiger partial charge in [0.25, 0.3) is 0 Å². The number of hydrogen-bond donors (Lipinski definition) is 2. The second-order valence-corrected chi connectivity index (χ2v) is 8.48. The molecule has 6 heteroatoms. The summed E-state index contributed by atoms with van der Waals surface area (Å²) >= 11 is 0. The third-order valence-electron chi connectivity index (χ3n) is 6.89. The van der Waals surface area contributed by atoms with Gasteiger partial charge in [-0.3, -0.25) is 14.4 Å².